The Kier molecular flexibility index (Phi) is 10.4. The average Bonchev–Trinajstić information content (AvgIpc) is 3.22. The highest BCUT2D eigenvalue weighted by atomic mass is 16.4. The van der Waals surface area contributed by atoms with Gasteiger partial charge in [-0.25, -0.2) is 9.78 Å². The highest BCUT2D eigenvalue weighted by Crippen LogP contribution is 2.02. The van der Waals surface area contributed by atoms with Gasteiger partial charge in [-0.3, -0.25) is 24.0 Å². The maximum Gasteiger partial charge on any atom is 0.326 e. The molecule has 0 aromatic carbocycles. The fourth-order valence-corrected chi connectivity index (χ4v) is 2.64. The van der Waals surface area contributed by atoms with Gasteiger partial charge in [0.05, 0.1) is 18.8 Å². The van der Waals surface area contributed by atoms with Crippen molar-refractivity contribution in [2.45, 2.75) is 56.8 Å². The van der Waals surface area contributed by atoms with Crippen molar-refractivity contribution in [3.8, 4) is 0 Å². The fourth-order valence-electron chi connectivity index (χ4n) is 2.64. The van der Waals surface area contributed by atoms with Crippen molar-refractivity contribution in [1.29, 1.82) is 0 Å². The number of carbonyl (C=O) groups is 6. The van der Waals surface area contributed by atoms with E-state index in [0.29, 0.717) is 5.69 Å². The first-order chi connectivity index (χ1) is 15.4. The van der Waals surface area contributed by atoms with E-state index in [1.165, 1.54) is 19.4 Å². The summed E-state index contributed by atoms with van der Waals surface area (Å²) in [6.45, 7) is 1.30. The number of carboxylic acids is 1. The zero-order chi connectivity index (χ0) is 25.1. The molecule has 1 aromatic rings. The molecule has 0 radical (unpaired) electrons. The Morgan fingerprint density at radius 3 is 2.15 bits per heavy atom. The van der Waals surface area contributed by atoms with Gasteiger partial charge in [-0.15, -0.1) is 0 Å². The number of carbonyl (C=O) groups excluding carboxylic acids is 5. The summed E-state index contributed by atoms with van der Waals surface area (Å²) >= 11 is 0. The number of nitrogens with zero attached hydrogens (tertiary/aromatic N) is 1. The minimum Gasteiger partial charge on any atom is -0.480 e. The van der Waals surface area contributed by atoms with Gasteiger partial charge < -0.3 is 43.2 Å². The van der Waals surface area contributed by atoms with E-state index in [0.717, 1.165) is 0 Å². The van der Waals surface area contributed by atoms with Crippen LogP contribution in [-0.4, -0.2) is 74.7 Å². The van der Waals surface area contributed by atoms with Gasteiger partial charge >= 0.3 is 5.97 Å². The van der Waals surface area contributed by atoms with E-state index in [1.807, 2.05) is 0 Å². The summed E-state index contributed by atoms with van der Waals surface area (Å²) in [6.07, 6.45) is 1.74. The Balaban J connectivity index is 2.78. The molecule has 5 amide bonds. The second-order valence-electron chi connectivity index (χ2n) is 7.25. The average molecular weight is 468 g/mol. The lowest BCUT2D eigenvalue weighted by atomic mass is 10.1. The number of aromatic amines is 1. The summed E-state index contributed by atoms with van der Waals surface area (Å²) in [5, 5.41) is 16.2. The molecule has 0 spiro atoms. The Morgan fingerprint density at radius 2 is 1.64 bits per heavy atom. The van der Waals surface area contributed by atoms with E-state index >= 15 is 0 Å². The van der Waals surface area contributed by atoms with Crippen LogP contribution in [-0.2, 0) is 35.2 Å². The molecule has 33 heavy (non-hydrogen) atoms. The molecule has 0 fully saturated rings. The van der Waals surface area contributed by atoms with E-state index in [9.17, 15) is 33.9 Å². The van der Waals surface area contributed by atoms with Gasteiger partial charge in [0.2, 0.25) is 29.5 Å². The van der Waals surface area contributed by atoms with Crippen LogP contribution in [0.4, 0.5) is 0 Å². The van der Waals surface area contributed by atoms with Crippen LogP contribution in [0.3, 0.4) is 0 Å². The van der Waals surface area contributed by atoms with Crippen molar-refractivity contribution < 1.29 is 33.9 Å². The quantitative estimate of drug-likeness (QED) is 0.132. The van der Waals surface area contributed by atoms with Crippen molar-refractivity contribution in [1.82, 2.24) is 25.9 Å². The van der Waals surface area contributed by atoms with E-state index in [1.54, 1.807) is 0 Å². The van der Waals surface area contributed by atoms with Gasteiger partial charge in [-0.2, -0.15) is 0 Å². The smallest absolute Gasteiger partial charge is 0.326 e. The van der Waals surface area contributed by atoms with Crippen molar-refractivity contribution in [2.24, 2.45) is 17.2 Å². The summed E-state index contributed by atoms with van der Waals surface area (Å²) in [7, 11) is 0. The maximum absolute atomic E-state index is 12.6. The summed E-state index contributed by atoms with van der Waals surface area (Å²) in [5.74, 6) is -5.39. The monoisotopic (exact) mass is 468 g/mol. The van der Waals surface area contributed by atoms with E-state index < -0.39 is 66.1 Å². The number of H-pyrrole nitrogens is 1. The maximum atomic E-state index is 12.6. The molecule has 0 aliphatic rings. The summed E-state index contributed by atoms with van der Waals surface area (Å²) in [5.41, 5.74) is 16.1. The summed E-state index contributed by atoms with van der Waals surface area (Å²) in [6, 6.07) is -5.13. The molecule has 0 saturated carbocycles. The van der Waals surface area contributed by atoms with Gasteiger partial charge in [0.15, 0.2) is 0 Å². The lowest BCUT2D eigenvalue weighted by Gasteiger charge is -2.23. The molecule has 0 bridgehead atoms. The Labute approximate surface area is 188 Å². The molecular formula is C18H28N8O7. The third-order valence-corrected chi connectivity index (χ3v) is 4.42. The van der Waals surface area contributed by atoms with E-state index in [4.69, 9.17) is 17.2 Å². The zero-order valence-electron chi connectivity index (χ0n) is 17.9. The number of hydrogen-bond donors (Lipinski definition) is 8. The highest BCUT2D eigenvalue weighted by Gasteiger charge is 2.29. The van der Waals surface area contributed by atoms with Crippen LogP contribution in [0.25, 0.3) is 0 Å². The third kappa shape index (κ3) is 9.77. The SMILES string of the molecule is CC(NC(=O)C(CCC(N)=O)NC(=O)C(N)CC(N)=O)C(=O)NC(Cc1cnc[nH]1)C(=O)O. The summed E-state index contributed by atoms with van der Waals surface area (Å²) in [4.78, 5) is 77.1. The molecule has 182 valence electrons. The van der Waals surface area contributed by atoms with Crippen molar-refractivity contribution in [3.63, 3.8) is 0 Å². The van der Waals surface area contributed by atoms with Crippen molar-refractivity contribution >= 4 is 35.5 Å². The van der Waals surface area contributed by atoms with Gasteiger partial charge in [0.25, 0.3) is 0 Å². The minimum atomic E-state index is -1.33. The minimum absolute atomic E-state index is 0.0726. The normalized spacial score (nSPS) is 14.2. The zero-order valence-corrected chi connectivity index (χ0v) is 17.9. The highest BCUT2D eigenvalue weighted by molar-refractivity contribution is 5.95. The molecule has 15 nitrogen and oxygen atoms in total. The van der Waals surface area contributed by atoms with Crippen LogP contribution < -0.4 is 33.2 Å². The van der Waals surface area contributed by atoms with Crippen molar-refractivity contribution in [3.05, 3.63) is 18.2 Å². The molecule has 4 atom stereocenters. The van der Waals surface area contributed by atoms with Gasteiger partial charge in [0.1, 0.15) is 18.1 Å². The van der Waals surface area contributed by atoms with Gasteiger partial charge in [-0.05, 0) is 13.3 Å². The first-order valence-electron chi connectivity index (χ1n) is 9.84. The molecule has 0 aliphatic carbocycles. The topological polar surface area (TPSA) is 265 Å². The van der Waals surface area contributed by atoms with Crippen LogP contribution in [0.5, 0.6) is 0 Å². The Morgan fingerprint density at radius 1 is 1.00 bits per heavy atom. The number of aliphatic carboxylic acids is 1. The fraction of sp³-hybridized carbons (Fsp3) is 0.500. The van der Waals surface area contributed by atoms with Crippen molar-refractivity contribution in [2.75, 3.05) is 0 Å². The third-order valence-electron chi connectivity index (χ3n) is 4.42. The number of hydrogen-bond acceptors (Lipinski definition) is 8. The number of rotatable bonds is 14. The van der Waals surface area contributed by atoms with E-state index in [2.05, 4.69) is 25.9 Å². The molecule has 1 rings (SSSR count). The summed E-state index contributed by atoms with van der Waals surface area (Å²) < 4.78 is 0. The largest absolute Gasteiger partial charge is 0.480 e. The lowest BCUT2D eigenvalue weighted by Crippen LogP contribution is -2.56. The predicted octanol–water partition coefficient (Wildman–Crippen LogP) is -4.02. The first-order valence-corrected chi connectivity index (χ1v) is 9.84. The molecule has 11 N–H and O–H groups in total. The molecule has 1 heterocycles. The molecular weight excluding hydrogens is 440 g/mol. The molecule has 0 aliphatic heterocycles. The van der Waals surface area contributed by atoms with Gasteiger partial charge in [0, 0.05) is 24.7 Å². The number of nitrogens with two attached hydrogens (primary N) is 3. The van der Waals surface area contributed by atoms with Gasteiger partial charge in [-0.1, -0.05) is 0 Å². The lowest BCUT2D eigenvalue weighted by molar-refractivity contribution is -0.142. The second kappa shape index (κ2) is 12.7. The number of amides is 5. The second-order valence-corrected chi connectivity index (χ2v) is 7.25. The van der Waals surface area contributed by atoms with E-state index in [-0.39, 0.29) is 19.3 Å². The molecule has 4 unspecified atom stereocenters. The van der Waals surface area contributed by atoms with Crippen LogP contribution >= 0.6 is 0 Å². The Bertz CT molecular complexity index is 873. The molecule has 15 heteroatoms. The first kappa shape index (κ1) is 27.0. The van der Waals surface area contributed by atoms with Crippen LogP contribution in [0.2, 0.25) is 0 Å². The number of imidazole rings is 1. The number of aromatic nitrogens is 2. The predicted molar refractivity (Wildman–Crippen MR) is 112 cm³/mol. The Hall–Kier alpha value is -4.01. The number of nitrogens with one attached hydrogen (secondary N) is 4. The molecule has 0 saturated heterocycles. The molecule has 1 aromatic heterocycles. The number of carboxylic acid groups (broad SMARTS) is 1. The standard InChI is InChI=1S/C18H28N8O7/c1-8(15(29)26-12(18(32)33)4-9-6-22-7-23-9)24-17(31)11(2-3-13(20)27)25-16(30)10(19)5-14(21)28/h6-8,10-12H,2-5,19H2,1H3,(H2,20,27)(H2,21,28)(H,22,23)(H,24,31)(H,25,30)(H,26,29)(H,32,33). The van der Waals surface area contributed by atoms with Crippen LogP contribution in [0.1, 0.15) is 31.9 Å². The number of primary amides is 2. The van der Waals surface area contributed by atoms with Crippen LogP contribution in [0, 0.1) is 0 Å². The van der Waals surface area contributed by atoms with Crippen LogP contribution in [0.15, 0.2) is 12.5 Å².